The van der Waals surface area contributed by atoms with Gasteiger partial charge in [0.1, 0.15) is 0 Å². The van der Waals surface area contributed by atoms with Crippen LogP contribution < -0.4 is 5.32 Å². The van der Waals surface area contributed by atoms with Crippen molar-refractivity contribution in [3.63, 3.8) is 0 Å². The minimum Gasteiger partial charge on any atom is -0.481 e. The summed E-state index contributed by atoms with van der Waals surface area (Å²) < 4.78 is 4.86. The molecule has 0 radical (unpaired) electrons. The van der Waals surface area contributed by atoms with Gasteiger partial charge in [0, 0.05) is 6.54 Å². The number of aliphatic carboxylic acids is 1. The van der Waals surface area contributed by atoms with Gasteiger partial charge in [-0.15, -0.1) is 0 Å². The predicted molar refractivity (Wildman–Crippen MR) is 69.1 cm³/mol. The largest absolute Gasteiger partial charge is 0.481 e. The van der Waals surface area contributed by atoms with Gasteiger partial charge in [0.2, 0.25) is 5.22 Å². The van der Waals surface area contributed by atoms with Crippen LogP contribution in [0.5, 0.6) is 0 Å². The number of nitrogens with one attached hydrogen (secondary N) is 1. The van der Waals surface area contributed by atoms with Crippen molar-refractivity contribution in [1.82, 2.24) is 5.32 Å². The van der Waals surface area contributed by atoms with Crippen molar-refractivity contribution in [2.24, 2.45) is 11.8 Å². The second-order valence-electron chi connectivity index (χ2n) is 4.87. The molecule has 19 heavy (non-hydrogen) atoms. The Balaban J connectivity index is 1.77. The number of furan rings is 1. The molecule has 1 fully saturated rings. The first-order valence-corrected chi connectivity index (χ1v) is 6.69. The summed E-state index contributed by atoms with van der Waals surface area (Å²) in [6.45, 7) is 0.548. The zero-order valence-electron chi connectivity index (χ0n) is 10.4. The van der Waals surface area contributed by atoms with E-state index in [0.717, 1.165) is 12.8 Å². The van der Waals surface area contributed by atoms with E-state index in [9.17, 15) is 9.59 Å². The first-order valence-electron chi connectivity index (χ1n) is 6.32. The number of carboxylic acid groups (broad SMARTS) is 1. The molecule has 2 N–H and O–H groups in total. The minimum atomic E-state index is -0.715. The van der Waals surface area contributed by atoms with Crippen LogP contribution in [0.4, 0.5) is 0 Å². The van der Waals surface area contributed by atoms with E-state index in [0.29, 0.717) is 30.9 Å². The number of rotatable bonds is 4. The molecule has 1 aliphatic carbocycles. The number of carboxylic acids is 1. The molecule has 0 atom stereocenters. The highest BCUT2D eigenvalue weighted by Crippen LogP contribution is 2.28. The molecule has 1 aromatic rings. The third kappa shape index (κ3) is 3.50. The fourth-order valence-electron chi connectivity index (χ4n) is 2.40. The van der Waals surface area contributed by atoms with Crippen LogP contribution in [0.15, 0.2) is 16.7 Å². The molecule has 0 spiro atoms. The maximum absolute atomic E-state index is 11.8. The fourth-order valence-corrected chi connectivity index (χ4v) is 2.60. The average Bonchev–Trinajstić information content (AvgIpc) is 2.83. The number of hydrogen-bond acceptors (Lipinski definition) is 3. The zero-order valence-corrected chi connectivity index (χ0v) is 11.2. The molecule has 0 unspecified atom stereocenters. The van der Waals surface area contributed by atoms with Crippen molar-refractivity contribution in [2.75, 3.05) is 6.54 Å². The molecule has 1 aromatic heterocycles. The van der Waals surface area contributed by atoms with Crippen molar-refractivity contribution < 1.29 is 19.1 Å². The quantitative estimate of drug-likeness (QED) is 0.891. The van der Waals surface area contributed by atoms with Crippen molar-refractivity contribution in [1.29, 1.82) is 0 Å². The Morgan fingerprint density at radius 1 is 1.37 bits per heavy atom. The molecular weight excluding hydrogens is 270 g/mol. The van der Waals surface area contributed by atoms with Gasteiger partial charge in [-0.3, -0.25) is 9.59 Å². The highest BCUT2D eigenvalue weighted by molar-refractivity contribution is 6.32. The predicted octanol–water partition coefficient (Wildman–Crippen LogP) is 2.55. The van der Waals surface area contributed by atoms with Crippen molar-refractivity contribution in [3.8, 4) is 0 Å². The van der Waals surface area contributed by atoms with Crippen molar-refractivity contribution in [3.05, 3.63) is 23.1 Å². The number of carbonyl (C=O) groups is 2. The second kappa shape index (κ2) is 6.10. The lowest BCUT2D eigenvalue weighted by atomic mass is 9.82. The molecule has 1 aliphatic rings. The van der Waals surface area contributed by atoms with Crippen LogP contribution in [0.25, 0.3) is 0 Å². The van der Waals surface area contributed by atoms with Crippen LogP contribution in [0.2, 0.25) is 5.22 Å². The summed E-state index contributed by atoms with van der Waals surface area (Å²) in [6, 6.07) is 1.53. The van der Waals surface area contributed by atoms with Gasteiger partial charge in [-0.1, -0.05) is 0 Å². The Morgan fingerprint density at radius 2 is 2.05 bits per heavy atom. The van der Waals surface area contributed by atoms with E-state index in [-0.39, 0.29) is 17.0 Å². The number of halogens is 1. The Labute approximate surface area is 115 Å². The third-order valence-electron chi connectivity index (χ3n) is 3.61. The number of hydrogen-bond donors (Lipinski definition) is 2. The van der Waals surface area contributed by atoms with Gasteiger partial charge in [-0.25, -0.2) is 0 Å². The fraction of sp³-hybridized carbons (Fsp3) is 0.538. The van der Waals surface area contributed by atoms with Gasteiger partial charge in [0.15, 0.2) is 0 Å². The van der Waals surface area contributed by atoms with Crippen LogP contribution in [-0.4, -0.2) is 23.5 Å². The van der Waals surface area contributed by atoms with E-state index in [1.165, 1.54) is 12.3 Å². The standard InChI is InChI=1S/C13H16ClNO4/c14-11-10(5-6-19-11)12(16)15-7-8-1-3-9(4-2-8)13(17)18/h5-6,8-9H,1-4,7H2,(H,15,16)(H,17,18). The molecule has 0 aromatic carbocycles. The van der Waals surface area contributed by atoms with E-state index >= 15 is 0 Å². The molecular formula is C13H16ClNO4. The number of amides is 1. The summed E-state index contributed by atoms with van der Waals surface area (Å²) in [5, 5.41) is 11.8. The number of carbonyl (C=O) groups excluding carboxylic acids is 1. The molecule has 1 heterocycles. The molecule has 0 bridgehead atoms. The Morgan fingerprint density at radius 3 is 2.58 bits per heavy atom. The summed E-state index contributed by atoms with van der Waals surface area (Å²) in [4.78, 5) is 22.6. The molecule has 1 amide bonds. The lowest BCUT2D eigenvalue weighted by molar-refractivity contribution is -0.143. The summed E-state index contributed by atoms with van der Waals surface area (Å²) in [6.07, 6.45) is 4.40. The van der Waals surface area contributed by atoms with Crippen molar-refractivity contribution >= 4 is 23.5 Å². The third-order valence-corrected chi connectivity index (χ3v) is 3.90. The molecule has 1 saturated carbocycles. The van der Waals surface area contributed by atoms with Crippen LogP contribution in [0, 0.1) is 11.8 Å². The van der Waals surface area contributed by atoms with E-state index in [2.05, 4.69) is 5.32 Å². The molecule has 5 nitrogen and oxygen atoms in total. The van der Waals surface area contributed by atoms with Gasteiger partial charge in [0.05, 0.1) is 17.7 Å². The summed E-state index contributed by atoms with van der Waals surface area (Å²) in [5.41, 5.74) is 0.334. The normalized spacial score (nSPS) is 23.0. The highest BCUT2D eigenvalue weighted by Gasteiger charge is 2.26. The van der Waals surface area contributed by atoms with E-state index in [4.69, 9.17) is 21.1 Å². The van der Waals surface area contributed by atoms with Crippen molar-refractivity contribution in [2.45, 2.75) is 25.7 Å². The van der Waals surface area contributed by atoms with E-state index in [1.54, 1.807) is 0 Å². The Kier molecular flexibility index (Phi) is 4.47. The van der Waals surface area contributed by atoms with Gasteiger partial charge in [-0.05, 0) is 49.3 Å². The molecule has 2 rings (SSSR count). The average molecular weight is 286 g/mol. The smallest absolute Gasteiger partial charge is 0.306 e. The SMILES string of the molecule is O=C(NCC1CCC(C(=O)O)CC1)c1ccoc1Cl. The van der Waals surface area contributed by atoms with Crippen LogP contribution in [0.1, 0.15) is 36.0 Å². The molecule has 0 aliphatic heterocycles. The van der Waals surface area contributed by atoms with Gasteiger partial charge >= 0.3 is 5.97 Å². The first-order chi connectivity index (χ1) is 9.08. The van der Waals surface area contributed by atoms with Crippen LogP contribution >= 0.6 is 11.6 Å². The van der Waals surface area contributed by atoms with Gasteiger partial charge in [-0.2, -0.15) is 0 Å². The molecule has 6 heteroatoms. The second-order valence-corrected chi connectivity index (χ2v) is 5.22. The van der Waals surface area contributed by atoms with Crippen LogP contribution in [0.3, 0.4) is 0 Å². The van der Waals surface area contributed by atoms with Gasteiger partial charge in [0.25, 0.3) is 5.91 Å². The lowest BCUT2D eigenvalue weighted by Gasteiger charge is -2.26. The maximum atomic E-state index is 11.8. The van der Waals surface area contributed by atoms with Crippen LogP contribution in [-0.2, 0) is 4.79 Å². The molecule has 0 saturated heterocycles. The lowest BCUT2D eigenvalue weighted by Crippen LogP contribution is -2.32. The Bertz CT molecular complexity index is 463. The Hall–Kier alpha value is -1.49. The summed E-state index contributed by atoms with van der Waals surface area (Å²) >= 11 is 5.72. The van der Waals surface area contributed by atoms with E-state index < -0.39 is 5.97 Å². The monoisotopic (exact) mass is 285 g/mol. The highest BCUT2D eigenvalue weighted by atomic mass is 35.5. The summed E-state index contributed by atoms with van der Waals surface area (Å²) in [7, 11) is 0. The maximum Gasteiger partial charge on any atom is 0.306 e. The molecule has 104 valence electrons. The minimum absolute atomic E-state index is 0.0899. The summed E-state index contributed by atoms with van der Waals surface area (Å²) in [5.74, 6) is -0.854. The first kappa shape index (κ1) is 13.9. The van der Waals surface area contributed by atoms with E-state index in [1.807, 2.05) is 0 Å². The topological polar surface area (TPSA) is 79.5 Å². The zero-order chi connectivity index (χ0) is 13.8. The van der Waals surface area contributed by atoms with Gasteiger partial charge < -0.3 is 14.8 Å².